The van der Waals surface area contributed by atoms with Crippen LogP contribution in [0, 0.1) is 3.57 Å². The lowest BCUT2D eigenvalue weighted by atomic mass is 9.98. The summed E-state index contributed by atoms with van der Waals surface area (Å²) >= 11 is 2.25. The van der Waals surface area contributed by atoms with Crippen molar-refractivity contribution in [3.8, 4) is 0 Å². The summed E-state index contributed by atoms with van der Waals surface area (Å²) in [6.07, 6.45) is 2.92. The highest BCUT2D eigenvalue weighted by Crippen LogP contribution is 2.30. The van der Waals surface area contributed by atoms with E-state index in [1.54, 1.807) is 6.20 Å². The largest absolute Gasteiger partial charge is 0.384 e. The number of aliphatic hydroxyl groups excluding tert-OH is 1. The number of fused-ring (bicyclic) bond motifs is 1. The molecule has 2 aromatic carbocycles. The number of nitrogens with zero attached hydrogens (tertiary/aromatic N) is 1. The summed E-state index contributed by atoms with van der Waals surface area (Å²) in [5, 5.41) is 12.7. The highest BCUT2D eigenvalue weighted by Gasteiger charge is 2.15. The molecule has 3 aromatic rings. The minimum Gasteiger partial charge on any atom is -0.384 e. The van der Waals surface area contributed by atoms with Crippen molar-refractivity contribution < 1.29 is 5.11 Å². The molecule has 0 bridgehead atoms. The van der Waals surface area contributed by atoms with Crippen molar-refractivity contribution in [2.75, 3.05) is 0 Å². The number of benzene rings is 2. The Morgan fingerprint density at radius 3 is 2.47 bits per heavy atom. The van der Waals surface area contributed by atoms with Gasteiger partial charge < -0.3 is 5.11 Å². The number of aromatic nitrogens is 1. The molecule has 1 heterocycles. The lowest BCUT2D eigenvalue weighted by molar-refractivity contribution is 0.220. The van der Waals surface area contributed by atoms with Gasteiger partial charge in [-0.2, -0.15) is 0 Å². The number of rotatable bonds is 2. The Morgan fingerprint density at radius 1 is 0.895 bits per heavy atom. The van der Waals surface area contributed by atoms with Crippen molar-refractivity contribution in [3.05, 3.63) is 75.6 Å². The maximum Gasteiger partial charge on any atom is 0.107 e. The van der Waals surface area contributed by atoms with Crippen molar-refractivity contribution in [3.63, 3.8) is 0 Å². The van der Waals surface area contributed by atoms with Crippen LogP contribution in [0.3, 0.4) is 0 Å². The molecule has 0 radical (unpaired) electrons. The molecule has 0 spiro atoms. The highest BCUT2D eigenvalue weighted by atomic mass is 127. The van der Waals surface area contributed by atoms with Gasteiger partial charge in [0, 0.05) is 26.9 Å². The third-order valence-electron chi connectivity index (χ3n) is 3.19. The Labute approximate surface area is 125 Å². The molecule has 0 aliphatic heterocycles. The first-order chi connectivity index (χ1) is 9.27. The predicted octanol–water partition coefficient (Wildman–Crippen LogP) is 3.92. The number of hydrogen-bond acceptors (Lipinski definition) is 2. The van der Waals surface area contributed by atoms with Gasteiger partial charge in [-0.05, 0) is 39.6 Å². The van der Waals surface area contributed by atoms with Crippen LogP contribution in [0.1, 0.15) is 17.2 Å². The smallest absolute Gasteiger partial charge is 0.107 e. The average Bonchev–Trinajstić information content (AvgIpc) is 2.46. The second-order valence-corrected chi connectivity index (χ2v) is 5.54. The Balaban J connectivity index is 2.17. The van der Waals surface area contributed by atoms with Crippen LogP contribution in [0.15, 0.2) is 60.9 Å². The molecule has 0 aliphatic carbocycles. The maximum atomic E-state index is 10.6. The summed E-state index contributed by atoms with van der Waals surface area (Å²) in [5.74, 6) is 0. The van der Waals surface area contributed by atoms with Crippen LogP contribution < -0.4 is 0 Å². The second-order valence-electron chi connectivity index (χ2n) is 4.37. The van der Waals surface area contributed by atoms with E-state index in [9.17, 15) is 5.11 Å². The van der Waals surface area contributed by atoms with Gasteiger partial charge >= 0.3 is 0 Å². The Morgan fingerprint density at radius 2 is 1.63 bits per heavy atom. The highest BCUT2D eigenvalue weighted by molar-refractivity contribution is 14.1. The van der Waals surface area contributed by atoms with E-state index in [2.05, 4.69) is 27.6 Å². The van der Waals surface area contributed by atoms with E-state index >= 15 is 0 Å². The van der Waals surface area contributed by atoms with E-state index in [1.165, 1.54) is 0 Å². The molecule has 0 fully saturated rings. The Hall–Kier alpha value is -1.46. The number of halogens is 1. The first-order valence-corrected chi connectivity index (χ1v) is 7.10. The lowest BCUT2D eigenvalue weighted by Crippen LogP contribution is -2.03. The third kappa shape index (κ3) is 2.35. The number of hydrogen-bond donors (Lipinski definition) is 1. The van der Waals surface area contributed by atoms with Gasteiger partial charge in [-0.3, -0.25) is 4.98 Å². The third-order valence-corrected chi connectivity index (χ3v) is 4.18. The molecular weight excluding hydrogens is 349 g/mol. The molecule has 0 saturated carbocycles. The standard InChI is InChI=1S/C16H12INO/c17-15-8-4-3-7-13(15)16(19)14-10-18-9-11-5-1-2-6-12(11)14/h1-10,16,19H. The molecule has 0 saturated heterocycles. The normalized spacial score (nSPS) is 12.5. The van der Waals surface area contributed by atoms with Crippen LogP contribution in [-0.2, 0) is 0 Å². The van der Waals surface area contributed by atoms with E-state index < -0.39 is 6.10 Å². The van der Waals surface area contributed by atoms with Crippen LogP contribution in [0.25, 0.3) is 10.8 Å². The molecule has 19 heavy (non-hydrogen) atoms. The van der Waals surface area contributed by atoms with Crippen LogP contribution in [-0.4, -0.2) is 10.1 Å². The van der Waals surface area contributed by atoms with Crippen LogP contribution in [0.4, 0.5) is 0 Å². The molecule has 1 aromatic heterocycles. The molecule has 0 amide bonds. The molecule has 1 atom stereocenters. The molecule has 0 aliphatic rings. The summed E-state index contributed by atoms with van der Waals surface area (Å²) in [7, 11) is 0. The SMILES string of the molecule is OC(c1ccccc1I)c1cncc2ccccc12. The summed E-state index contributed by atoms with van der Waals surface area (Å²) in [4.78, 5) is 4.23. The average molecular weight is 361 g/mol. The molecule has 3 heteroatoms. The van der Waals surface area contributed by atoms with Crippen molar-refractivity contribution in [1.82, 2.24) is 4.98 Å². The molecule has 94 valence electrons. The zero-order valence-corrected chi connectivity index (χ0v) is 12.3. The topological polar surface area (TPSA) is 33.1 Å². The minimum atomic E-state index is -0.647. The summed E-state index contributed by atoms with van der Waals surface area (Å²) in [5.41, 5.74) is 1.77. The van der Waals surface area contributed by atoms with E-state index in [1.807, 2.05) is 54.7 Å². The first kappa shape index (κ1) is 12.6. The van der Waals surface area contributed by atoms with Gasteiger partial charge in [0.2, 0.25) is 0 Å². The Bertz CT molecular complexity index is 721. The van der Waals surface area contributed by atoms with E-state index in [0.717, 1.165) is 25.5 Å². The van der Waals surface area contributed by atoms with E-state index in [4.69, 9.17) is 0 Å². The van der Waals surface area contributed by atoms with Gasteiger partial charge in [0.15, 0.2) is 0 Å². The Kier molecular flexibility index (Phi) is 3.48. The monoisotopic (exact) mass is 361 g/mol. The summed E-state index contributed by atoms with van der Waals surface area (Å²) < 4.78 is 1.06. The van der Waals surface area contributed by atoms with E-state index in [-0.39, 0.29) is 0 Å². The van der Waals surface area contributed by atoms with Gasteiger partial charge in [0.25, 0.3) is 0 Å². The minimum absolute atomic E-state index is 0.647. The van der Waals surface area contributed by atoms with Gasteiger partial charge in [-0.25, -0.2) is 0 Å². The maximum absolute atomic E-state index is 10.6. The van der Waals surface area contributed by atoms with Gasteiger partial charge in [0.05, 0.1) is 0 Å². The van der Waals surface area contributed by atoms with Gasteiger partial charge in [-0.15, -0.1) is 0 Å². The quantitative estimate of drug-likeness (QED) is 0.702. The van der Waals surface area contributed by atoms with Crippen molar-refractivity contribution in [1.29, 1.82) is 0 Å². The molecule has 1 unspecified atom stereocenters. The van der Waals surface area contributed by atoms with Crippen LogP contribution >= 0.6 is 22.6 Å². The second kappa shape index (κ2) is 5.27. The predicted molar refractivity (Wildman–Crippen MR) is 85.0 cm³/mol. The molecule has 1 N–H and O–H groups in total. The lowest BCUT2D eigenvalue weighted by Gasteiger charge is -2.15. The number of pyridine rings is 1. The molecule has 3 rings (SSSR count). The van der Waals surface area contributed by atoms with Crippen molar-refractivity contribution in [2.24, 2.45) is 0 Å². The van der Waals surface area contributed by atoms with Crippen molar-refractivity contribution in [2.45, 2.75) is 6.10 Å². The fourth-order valence-corrected chi connectivity index (χ4v) is 2.90. The number of aliphatic hydroxyl groups is 1. The summed E-state index contributed by atoms with van der Waals surface area (Å²) in [6.45, 7) is 0. The van der Waals surface area contributed by atoms with Gasteiger partial charge in [-0.1, -0.05) is 42.5 Å². The first-order valence-electron chi connectivity index (χ1n) is 6.02. The fraction of sp³-hybridized carbons (Fsp3) is 0.0625. The molecular formula is C16H12INO. The van der Waals surface area contributed by atoms with Crippen LogP contribution in [0.5, 0.6) is 0 Å². The molecule has 2 nitrogen and oxygen atoms in total. The fourth-order valence-electron chi connectivity index (χ4n) is 2.22. The van der Waals surface area contributed by atoms with Gasteiger partial charge in [0.1, 0.15) is 6.10 Å². The van der Waals surface area contributed by atoms with Crippen LogP contribution in [0.2, 0.25) is 0 Å². The van der Waals surface area contributed by atoms with Crippen molar-refractivity contribution >= 4 is 33.4 Å². The zero-order chi connectivity index (χ0) is 13.2. The summed E-state index contributed by atoms with van der Waals surface area (Å²) in [6, 6.07) is 15.9. The van der Waals surface area contributed by atoms with E-state index in [0.29, 0.717) is 0 Å². The zero-order valence-electron chi connectivity index (χ0n) is 10.1.